The van der Waals surface area contributed by atoms with Gasteiger partial charge in [0.05, 0.1) is 5.02 Å². The first-order valence-corrected chi connectivity index (χ1v) is 7.15. The van der Waals surface area contributed by atoms with Gasteiger partial charge >= 0.3 is 0 Å². The van der Waals surface area contributed by atoms with Crippen LogP contribution in [0.1, 0.15) is 32.6 Å². The van der Waals surface area contributed by atoms with E-state index in [0.29, 0.717) is 16.8 Å². The minimum absolute atomic E-state index is 0.0202. The van der Waals surface area contributed by atoms with E-state index in [0.717, 1.165) is 12.8 Å². The Bertz CT molecular complexity index is 444. The van der Waals surface area contributed by atoms with Crippen molar-refractivity contribution in [3.63, 3.8) is 0 Å². The second-order valence-corrected chi connectivity index (χ2v) is 5.49. The molecule has 0 aromatic heterocycles. The molecule has 1 saturated carbocycles. The van der Waals surface area contributed by atoms with E-state index in [-0.39, 0.29) is 5.91 Å². The lowest BCUT2D eigenvalue weighted by atomic mass is 10.2. The molecule has 19 heavy (non-hydrogen) atoms. The molecule has 1 unspecified atom stereocenters. The first-order valence-electron chi connectivity index (χ1n) is 6.77. The Morgan fingerprint density at radius 1 is 1.37 bits per heavy atom. The zero-order valence-corrected chi connectivity index (χ0v) is 12.2. The van der Waals surface area contributed by atoms with Crippen molar-refractivity contribution >= 4 is 17.5 Å². The summed E-state index contributed by atoms with van der Waals surface area (Å²) >= 11 is 6.03. The van der Waals surface area contributed by atoms with Crippen LogP contribution >= 0.6 is 11.6 Å². The summed E-state index contributed by atoms with van der Waals surface area (Å²) in [5.74, 6) is 0.580. The van der Waals surface area contributed by atoms with Crippen LogP contribution in [-0.2, 0) is 4.79 Å². The van der Waals surface area contributed by atoms with Gasteiger partial charge in [-0.05, 0) is 31.9 Å². The molecule has 3 nitrogen and oxygen atoms in total. The molecule has 0 bridgehead atoms. The van der Waals surface area contributed by atoms with Gasteiger partial charge in [-0.1, -0.05) is 36.6 Å². The number of hydrogen-bond donors (Lipinski definition) is 0. The molecule has 104 valence electrons. The van der Waals surface area contributed by atoms with E-state index in [1.165, 1.54) is 12.8 Å². The maximum absolute atomic E-state index is 12.3. The van der Waals surface area contributed by atoms with Crippen molar-refractivity contribution in [2.45, 2.75) is 44.8 Å². The van der Waals surface area contributed by atoms with Crippen LogP contribution in [0, 0.1) is 0 Å². The molecule has 1 atom stereocenters. The molecule has 1 aromatic rings. The number of para-hydroxylation sites is 1. The lowest BCUT2D eigenvalue weighted by Crippen LogP contribution is -2.42. The van der Waals surface area contributed by atoms with Gasteiger partial charge in [0.1, 0.15) is 5.75 Å². The van der Waals surface area contributed by atoms with Crippen molar-refractivity contribution in [2.24, 2.45) is 0 Å². The largest absolute Gasteiger partial charge is 0.479 e. The summed E-state index contributed by atoms with van der Waals surface area (Å²) < 4.78 is 5.66. The highest BCUT2D eigenvalue weighted by Gasteiger charge is 2.27. The molecule has 1 amide bonds. The van der Waals surface area contributed by atoms with Crippen molar-refractivity contribution in [3.8, 4) is 5.75 Å². The number of hydrogen-bond acceptors (Lipinski definition) is 2. The number of likely N-dealkylation sites (N-methyl/N-ethyl adjacent to an activating group) is 1. The number of nitrogens with zero attached hydrogens (tertiary/aromatic N) is 1. The summed E-state index contributed by atoms with van der Waals surface area (Å²) in [6, 6.07) is 7.59. The maximum atomic E-state index is 12.3. The van der Waals surface area contributed by atoms with Gasteiger partial charge in [0.25, 0.3) is 5.91 Å². The third-order valence-electron chi connectivity index (χ3n) is 3.71. The third kappa shape index (κ3) is 3.41. The number of carbonyl (C=O) groups is 1. The van der Waals surface area contributed by atoms with E-state index in [4.69, 9.17) is 16.3 Å². The van der Waals surface area contributed by atoms with E-state index >= 15 is 0 Å². The third-order valence-corrected chi connectivity index (χ3v) is 4.02. The minimum Gasteiger partial charge on any atom is -0.479 e. The zero-order valence-electron chi connectivity index (χ0n) is 11.4. The van der Waals surface area contributed by atoms with Gasteiger partial charge in [-0.2, -0.15) is 0 Å². The lowest BCUT2D eigenvalue weighted by molar-refractivity contribution is -0.138. The lowest BCUT2D eigenvalue weighted by Gasteiger charge is -2.27. The molecule has 2 rings (SSSR count). The number of ether oxygens (including phenoxy) is 1. The highest BCUT2D eigenvalue weighted by molar-refractivity contribution is 6.32. The summed E-state index contributed by atoms with van der Waals surface area (Å²) in [4.78, 5) is 14.1. The molecule has 1 aliphatic rings. The Morgan fingerprint density at radius 2 is 2.00 bits per heavy atom. The molecule has 0 radical (unpaired) electrons. The second kappa shape index (κ2) is 6.29. The van der Waals surface area contributed by atoms with Crippen molar-refractivity contribution in [3.05, 3.63) is 29.3 Å². The summed E-state index contributed by atoms with van der Waals surface area (Å²) in [6.07, 6.45) is 4.11. The number of amides is 1. The van der Waals surface area contributed by atoms with Crippen molar-refractivity contribution in [1.29, 1.82) is 0 Å². The van der Waals surface area contributed by atoms with Crippen LogP contribution in [0.15, 0.2) is 24.3 Å². The highest BCUT2D eigenvalue weighted by Crippen LogP contribution is 2.26. The van der Waals surface area contributed by atoms with Crippen molar-refractivity contribution < 1.29 is 9.53 Å². The van der Waals surface area contributed by atoms with E-state index in [2.05, 4.69) is 0 Å². The number of benzene rings is 1. The van der Waals surface area contributed by atoms with Crippen LogP contribution in [0.25, 0.3) is 0 Å². The normalized spacial score (nSPS) is 17.2. The Morgan fingerprint density at radius 3 is 2.63 bits per heavy atom. The van der Waals surface area contributed by atoms with E-state index in [1.807, 2.05) is 24.1 Å². The fraction of sp³-hybridized carbons (Fsp3) is 0.533. The Hall–Kier alpha value is -1.22. The van der Waals surface area contributed by atoms with Gasteiger partial charge in [0, 0.05) is 13.1 Å². The van der Waals surface area contributed by atoms with Crippen LogP contribution in [0.2, 0.25) is 5.02 Å². The van der Waals surface area contributed by atoms with Gasteiger partial charge in [0.2, 0.25) is 0 Å². The van der Waals surface area contributed by atoms with Gasteiger partial charge in [-0.15, -0.1) is 0 Å². The first-order chi connectivity index (χ1) is 9.09. The molecule has 0 saturated heterocycles. The highest BCUT2D eigenvalue weighted by atomic mass is 35.5. The summed E-state index contributed by atoms with van der Waals surface area (Å²) in [5, 5.41) is 0.533. The average molecular weight is 282 g/mol. The zero-order chi connectivity index (χ0) is 13.8. The minimum atomic E-state index is -0.509. The average Bonchev–Trinajstić information content (AvgIpc) is 2.93. The summed E-state index contributed by atoms with van der Waals surface area (Å²) in [7, 11) is 1.87. The molecule has 0 spiro atoms. The SMILES string of the molecule is CC(Oc1ccccc1Cl)C(=O)N(C)C1CCCC1. The molecule has 0 aliphatic heterocycles. The molecule has 1 aromatic carbocycles. The monoisotopic (exact) mass is 281 g/mol. The number of halogens is 1. The van der Waals surface area contributed by atoms with Crippen LogP contribution < -0.4 is 4.74 Å². The maximum Gasteiger partial charge on any atom is 0.263 e. The molecular weight excluding hydrogens is 262 g/mol. The molecule has 0 N–H and O–H groups in total. The molecule has 4 heteroatoms. The van der Waals surface area contributed by atoms with Gasteiger partial charge in [-0.25, -0.2) is 0 Å². The number of rotatable bonds is 4. The Balaban J connectivity index is 1.97. The van der Waals surface area contributed by atoms with Crippen molar-refractivity contribution in [2.75, 3.05) is 7.05 Å². The van der Waals surface area contributed by atoms with Crippen LogP contribution in [0.5, 0.6) is 5.75 Å². The topological polar surface area (TPSA) is 29.5 Å². The fourth-order valence-electron chi connectivity index (χ4n) is 2.54. The molecule has 1 aliphatic carbocycles. The van der Waals surface area contributed by atoms with E-state index < -0.39 is 6.10 Å². The summed E-state index contributed by atoms with van der Waals surface area (Å²) in [5.41, 5.74) is 0. The van der Waals surface area contributed by atoms with Crippen LogP contribution in [0.4, 0.5) is 0 Å². The van der Waals surface area contributed by atoms with E-state index in [9.17, 15) is 4.79 Å². The number of carbonyl (C=O) groups excluding carboxylic acids is 1. The quantitative estimate of drug-likeness (QED) is 0.845. The van der Waals surface area contributed by atoms with E-state index in [1.54, 1.807) is 19.1 Å². The fourth-order valence-corrected chi connectivity index (χ4v) is 2.72. The molecule has 0 heterocycles. The van der Waals surface area contributed by atoms with Crippen LogP contribution in [-0.4, -0.2) is 30.0 Å². The molecule has 1 fully saturated rings. The predicted molar refractivity (Wildman–Crippen MR) is 76.6 cm³/mol. The summed E-state index contributed by atoms with van der Waals surface area (Å²) in [6.45, 7) is 1.77. The predicted octanol–water partition coefficient (Wildman–Crippen LogP) is 3.51. The smallest absolute Gasteiger partial charge is 0.263 e. The first kappa shape index (κ1) is 14.2. The van der Waals surface area contributed by atoms with Gasteiger partial charge in [-0.3, -0.25) is 4.79 Å². The van der Waals surface area contributed by atoms with Crippen molar-refractivity contribution in [1.82, 2.24) is 4.90 Å². The van der Waals surface area contributed by atoms with Gasteiger partial charge < -0.3 is 9.64 Å². The Labute approximate surface area is 119 Å². The molecular formula is C15H20ClNO2. The van der Waals surface area contributed by atoms with Gasteiger partial charge in [0.15, 0.2) is 6.10 Å². The Kier molecular flexibility index (Phi) is 4.70. The van der Waals surface area contributed by atoms with Crippen LogP contribution in [0.3, 0.4) is 0 Å². The second-order valence-electron chi connectivity index (χ2n) is 5.08. The standard InChI is InChI=1S/C15H20ClNO2/c1-11(19-14-10-6-5-9-13(14)16)15(18)17(2)12-7-3-4-8-12/h5-6,9-12H,3-4,7-8H2,1-2H3.